The minimum absolute atomic E-state index is 0.340. The first-order chi connectivity index (χ1) is 7.75. The molecule has 90 valence electrons. The Balaban J connectivity index is 1.76. The number of furan rings is 1. The van der Waals surface area contributed by atoms with Gasteiger partial charge in [0.1, 0.15) is 5.76 Å². The van der Waals surface area contributed by atoms with Crippen LogP contribution >= 0.6 is 0 Å². The Bertz CT molecular complexity index is 319. The molecular weight excluding hydrogens is 204 g/mol. The molecule has 0 aromatic carbocycles. The minimum atomic E-state index is 0.340. The van der Waals surface area contributed by atoms with E-state index in [1.165, 1.54) is 0 Å². The Hall–Kier alpha value is -1.00. The number of aryl methyl sites for hydroxylation is 1. The van der Waals surface area contributed by atoms with E-state index in [2.05, 4.69) is 17.3 Å². The topological polar surface area (TPSA) is 37.6 Å². The fourth-order valence-electron chi connectivity index (χ4n) is 1.88. The Morgan fingerprint density at radius 3 is 3.00 bits per heavy atom. The third-order valence-electron chi connectivity index (χ3n) is 2.89. The largest absolute Gasteiger partial charge is 0.446 e. The monoisotopic (exact) mass is 224 g/mol. The van der Waals surface area contributed by atoms with Gasteiger partial charge < -0.3 is 19.4 Å². The lowest BCUT2D eigenvalue weighted by molar-refractivity contribution is 0.0249. The summed E-state index contributed by atoms with van der Waals surface area (Å²) in [5.74, 6) is 1.89. The first-order valence-electron chi connectivity index (χ1n) is 5.85. The molecule has 0 saturated carbocycles. The van der Waals surface area contributed by atoms with Crippen molar-refractivity contribution in [2.24, 2.45) is 0 Å². The van der Waals surface area contributed by atoms with Crippen molar-refractivity contribution < 1.29 is 9.15 Å². The van der Waals surface area contributed by atoms with E-state index in [1.807, 2.05) is 19.1 Å². The number of rotatable bonds is 4. The van der Waals surface area contributed by atoms with Gasteiger partial charge in [0.15, 0.2) is 5.88 Å². The van der Waals surface area contributed by atoms with Gasteiger partial charge in [-0.1, -0.05) is 0 Å². The molecule has 1 aromatic heterocycles. The fraction of sp³-hybridized carbons (Fsp3) is 0.667. The van der Waals surface area contributed by atoms with Gasteiger partial charge in [0.05, 0.1) is 12.7 Å². The summed E-state index contributed by atoms with van der Waals surface area (Å²) in [6, 6.07) is 4.00. The van der Waals surface area contributed by atoms with Crippen LogP contribution in [0.2, 0.25) is 0 Å². The van der Waals surface area contributed by atoms with Crippen molar-refractivity contribution in [2.75, 3.05) is 38.2 Å². The number of nitrogens with one attached hydrogen (secondary N) is 1. The van der Waals surface area contributed by atoms with Crippen molar-refractivity contribution in [1.82, 2.24) is 5.32 Å². The van der Waals surface area contributed by atoms with Crippen molar-refractivity contribution in [1.29, 1.82) is 0 Å². The Morgan fingerprint density at radius 2 is 2.38 bits per heavy atom. The zero-order chi connectivity index (χ0) is 11.4. The van der Waals surface area contributed by atoms with Crippen LogP contribution in [0.1, 0.15) is 12.2 Å². The summed E-state index contributed by atoms with van der Waals surface area (Å²) in [5, 5.41) is 3.34. The van der Waals surface area contributed by atoms with E-state index >= 15 is 0 Å². The Morgan fingerprint density at radius 1 is 1.50 bits per heavy atom. The molecule has 1 aromatic rings. The third-order valence-corrected chi connectivity index (χ3v) is 2.89. The Kier molecular flexibility index (Phi) is 3.85. The lowest BCUT2D eigenvalue weighted by Gasteiger charge is -2.25. The summed E-state index contributed by atoms with van der Waals surface area (Å²) >= 11 is 0. The molecular formula is C12H20N2O2. The molecule has 1 unspecified atom stereocenters. The summed E-state index contributed by atoms with van der Waals surface area (Å²) in [4.78, 5) is 2.13. The van der Waals surface area contributed by atoms with Gasteiger partial charge in [0.2, 0.25) is 0 Å². The van der Waals surface area contributed by atoms with Crippen LogP contribution in [0.25, 0.3) is 0 Å². The summed E-state index contributed by atoms with van der Waals surface area (Å²) < 4.78 is 11.2. The van der Waals surface area contributed by atoms with Crippen LogP contribution in [-0.4, -0.2) is 39.4 Å². The quantitative estimate of drug-likeness (QED) is 0.839. The molecule has 4 nitrogen and oxygen atoms in total. The van der Waals surface area contributed by atoms with Crippen LogP contribution in [0.4, 0.5) is 5.88 Å². The zero-order valence-electron chi connectivity index (χ0n) is 10.0. The molecule has 0 spiro atoms. The average Bonchev–Trinajstić information content (AvgIpc) is 2.74. The standard InChI is InChI=1S/C12H20N2O2/c1-10-3-4-12(16-10)14(2)7-5-11-9-13-6-8-15-11/h3-4,11,13H,5-9H2,1-2H3. The van der Waals surface area contributed by atoms with E-state index in [1.54, 1.807) is 0 Å². The van der Waals surface area contributed by atoms with Crippen molar-refractivity contribution >= 4 is 5.88 Å². The molecule has 0 amide bonds. The third kappa shape index (κ3) is 3.00. The van der Waals surface area contributed by atoms with E-state index in [4.69, 9.17) is 9.15 Å². The molecule has 2 rings (SSSR count). The second-order valence-electron chi connectivity index (χ2n) is 4.29. The van der Waals surface area contributed by atoms with Crippen molar-refractivity contribution in [3.05, 3.63) is 17.9 Å². The predicted molar refractivity (Wildman–Crippen MR) is 63.9 cm³/mol. The number of anilines is 1. The molecule has 2 heterocycles. The summed E-state index contributed by atoms with van der Waals surface area (Å²) in [7, 11) is 2.05. The second kappa shape index (κ2) is 5.37. The smallest absolute Gasteiger partial charge is 0.195 e. The molecule has 1 saturated heterocycles. The highest BCUT2D eigenvalue weighted by atomic mass is 16.5. The lowest BCUT2D eigenvalue weighted by atomic mass is 10.2. The average molecular weight is 224 g/mol. The van der Waals surface area contributed by atoms with Crippen LogP contribution in [-0.2, 0) is 4.74 Å². The van der Waals surface area contributed by atoms with E-state index in [0.717, 1.165) is 44.3 Å². The number of ether oxygens (including phenoxy) is 1. The van der Waals surface area contributed by atoms with Gasteiger partial charge in [-0.25, -0.2) is 0 Å². The SMILES string of the molecule is Cc1ccc(N(C)CCC2CNCCO2)o1. The van der Waals surface area contributed by atoms with Gasteiger partial charge >= 0.3 is 0 Å². The minimum Gasteiger partial charge on any atom is -0.446 e. The zero-order valence-corrected chi connectivity index (χ0v) is 10.0. The highest BCUT2D eigenvalue weighted by molar-refractivity contribution is 5.34. The van der Waals surface area contributed by atoms with Crippen LogP contribution in [0.15, 0.2) is 16.5 Å². The maximum absolute atomic E-state index is 5.65. The van der Waals surface area contributed by atoms with E-state index in [9.17, 15) is 0 Å². The summed E-state index contributed by atoms with van der Waals surface area (Å²) in [6.45, 7) is 5.69. The van der Waals surface area contributed by atoms with Gasteiger partial charge in [-0.2, -0.15) is 0 Å². The molecule has 0 bridgehead atoms. The lowest BCUT2D eigenvalue weighted by Crippen LogP contribution is -2.40. The van der Waals surface area contributed by atoms with Gasteiger partial charge in [-0.15, -0.1) is 0 Å². The van der Waals surface area contributed by atoms with Crippen LogP contribution in [0.3, 0.4) is 0 Å². The molecule has 1 atom stereocenters. The van der Waals surface area contributed by atoms with Gasteiger partial charge in [0.25, 0.3) is 0 Å². The molecule has 0 aliphatic carbocycles. The number of morpholine rings is 1. The number of nitrogens with zero attached hydrogens (tertiary/aromatic N) is 1. The molecule has 1 aliphatic rings. The highest BCUT2D eigenvalue weighted by Crippen LogP contribution is 2.17. The molecule has 1 N–H and O–H groups in total. The van der Waals surface area contributed by atoms with Crippen LogP contribution in [0, 0.1) is 6.92 Å². The summed E-state index contributed by atoms with van der Waals surface area (Å²) in [6.07, 6.45) is 1.37. The van der Waals surface area contributed by atoms with Crippen molar-refractivity contribution in [3.63, 3.8) is 0 Å². The summed E-state index contributed by atoms with van der Waals surface area (Å²) in [5.41, 5.74) is 0. The van der Waals surface area contributed by atoms with Crippen molar-refractivity contribution in [2.45, 2.75) is 19.4 Å². The van der Waals surface area contributed by atoms with E-state index in [0.29, 0.717) is 6.10 Å². The molecule has 1 fully saturated rings. The predicted octanol–water partition coefficient (Wildman–Crippen LogP) is 1.40. The van der Waals surface area contributed by atoms with Crippen LogP contribution < -0.4 is 10.2 Å². The maximum atomic E-state index is 5.65. The van der Waals surface area contributed by atoms with Gasteiger partial charge in [-0.3, -0.25) is 0 Å². The Labute approximate surface area is 96.6 Å². The first kappa shape index (κ1) is 11.5. The highest BCUT2D eigenvalue weighted by Gasteiger charge is 2.14. The molecule has 0 radical (unpaired) electrons. The fourth-order valence-corrected chi connectivity index (χ4v) is 1.88. The maximum Gasteiger partial charge on any atom is 0.195 e. The van der Waals surface area contributed by atoms with Gasteiger partial charge in [-0.05, 0) is 19.4 Å². The molecule has 1 aliphatic heterocycles. The van der Waals surface area contributed by atoms with Crippen molar-refractivity contribution in [3.8, 4) is 0 Å². The van der Waals surface area contributed by atoms with E-state index in [-0.39, 0.29) is 0 Å². The van der Waals surface area contributed by atoms with Crippen LogP contribution in [0.5, 0.6) is 0 Å². The normalized spacial score (nSPS) is 21.0. The molecule has 16 heavy (non-hydrogen) atoms. The molecule has 4 heteroatoms. The van der Waals surface area contributed by atoms with E-state index < -0.39 is 0 Å². The first-order valence-corrected chi connectivity index (χ1v) is 5.85. The second-order valence-corrected chi connectivity index (χ2v) is 4.29. The number of hydrogen-bond acceptors (Lipinski definition) is 4. The number of hydrogen-bond donors (Lipinski definition) is 1. The van der Waals surface area contributed by atoms with Gasteiger partial charge in [0, 0.05) is 32.7 Å².